The Hall–Kier alpha value is -3.85. The summed E-state index contributed by atoms with van der Waals surface area (Å²) in [4.78, 5) is 27.8. The first-order valence-corrected chi connectivity index (χ1v) is 11.2. The molecule has 2 aromatic carbocycles. The zero-order chi connectivity index (χ0) is 23.4. The fourth-order valence-corrected chi connectivity index (χ4v) is 4.65. The van der Waals surface area contributed by atoms with Crippen LogP contribution in [0.25, 0.3) is 5.69 Å². The molecule has 0 saturated carbocycles. The van der Waals surface area contributed by atoms with Crippen LogP contribution in [0.2, 0.25) is 0 Å². The van der Waals surface area contributed by atoms with Crippen molar-refractivity contribution in [2.75, 3.05) is 12.9 Å². The number of thioether (sulfide) groups is 1. The van der Waals surface area contributed by atoms with Crippen LogP contribution >= 0.6 is 11.8 Å². The molecule has 0 bridgehead atoms. The van der Waals surface area contributed by atoms with Crippen LogP contribution in [0.4, 0.5) is 5.69 Å². The molecule has 2 heterocycles. The molecule has 3 aromatic rings. The average Bonchev–Trinajstić information content (AvgIpc) is 3.31. The summed E-state index contributed by atoms with van der Waals surface area (Å²) in [6.07, 6.45) is 5.58. The zero-order valence-electron chi connectivity index (χ0n) is 18.1. The second kappa shape index (κ2) is 9.74. The zero-order valence-corrected chi connectivity index (χ0v) is 18.9. The van der Waals surface area contributed by atoms with E-state index >= 15 is 0 Å². The van der Waals surface area contributed by atoms with E-state index in [2.05, 4.69) is 10.3 Å². The maximum atomic E-state index is 12.5. The van der Waals surface area contributed by atoms with Crippen molar-refractivity contribution in [3.63, 3.8) is 0 Å². The minimum absolute atomic E-state index is 0.0258. The lowest BCUT2D eigenvalue weighted by atomic mass is 9.86. The van der Waals surface area contributed by atoms with Crippen LogP contribution in [0.5, 0.6) is 0 Å². The van der Waals surface area contributed by atoms with E-state index in [4.69, 9.17) is 4.74 Å². The molecule has 9 heteroatoms. The maximum Gasteiger partial charge on any atom is 0.336 e. The van der Waals surface area contributed by atoms with Gasteiger partial charge in [-0.3, -0.25) is 14.7 Å². The molecule has 0 aliphatic carbocycles. The SMILES string of the molecule is COC(=O)C1=C(C)NC(CSc2nccn2-c2ccccc2)=C[C@@H]1c1cccc([N+](=O)[O-])c1. The molecule has 33 heavy (non-hydrogen) atoms. The van der Waals surface area contributed by atoms with Crippen LogP contribution in [0.3, 0.4) is 0 Å². The Morgan fingerprint density at radius 3 is 2.76 bits per heavy atom. The highest BCUT2D eigenvalue weighted by Gasteiger charge is 2.29. The molecule has 8 nitrogen and oxygen atoms in total. The molecular weight excluding hydrogens is 440 g/mol. The molecule has 1 aliphatic heterocycles. The Balaban J connectivity index is 1.63. The number of methoxy groups -OCH3 is 1. The van der Waals surface area contributed by atoms with Crippen LogP contribution in [-0.4, -0.2) is 33.3 Å². The van der Waals surface area contributed by atoms with Crippen molar-refractivity contribution in [1.29, 1.82) is 0 Å². The van der Waals surface area contributed by atoms with Gasteiger partial charge in [0.25, 0.3) is 5.69 Å². The van der Waals surface area contributed by atoms with Gasteiger partial charge in [-0.1, -0.05) is 48.2 Å². The molecule has 0 fully saturated rings. The van der Waals surface area contributed by atoms with Crippen molar-refractivity contribution in [2.24, 2.45) is 0 Å². The Morgan fingerprint density at radius 2 is 2.03 bits per heavy atom. The summed E-state index contributed by atoms with van der Waals surface area (Å²) in [5.41, 5.74) is 3.60. The van der Waals surface area contributed by atoms with Crippen molar-refractivity contribution in [1.82, 2.24) is 14.9 Å². The normalized spacial score (nSPS) is 15.6. The molecule has 168 valence electrons. The van der Waals surface area contributed by atoms with Crippen molar-refractivity contribution in [3.8, 4) is 5.69 Å². The van der Waals surface area contributed by atoms with Crippen molar-refractivity contribution < 1.29 is 14.5 Å². The molecule has 0 saturated heterocycles. The molecule has 1 N–H and O–H groups in total. The number of nitrogens with zero attached hydrogens (tertiary/aromatic N) is 3. The minimum atomic E-state index is -0.473. The summed E-state index contributed by atoms with van der Waals surface area (Å²) >= 11 is 1.55. The standard InChI is InChI=1S/C24H22N4O4S/c1-16-22(23(29)32-2)21(17-7-6-10-20(13-17)28(30)31)14-18(26-16)15-33-24-25-11-12-27(24)19-8-4-3-5-9-19/h3-14,21,26H,15H2,1-2H3/t21-/m1/s1. The number of carbonyl (C=O) groups excluding carboxylic acids is 1. The molecule has 1 aliphatic rings. The minimum Gasteiger partial charge on any atom is -0.466 e. The summed E-state index contributed by atoms with van der Waals surface area (Å²) in [5.74, 6) is -0.372. The van der Waals surface area contributed by atoms with Crippen molar-refractivity contribution >= 4 is 23.4 Å². The third-order valence-corrected chi connectivity index (χ3v) is 6.29. The second-order valence-electron chi connectivity index (χ2n) is 7.38. The third kappa shape index (κ3) is 4.83. The summed E-state index contributed by atoms with van der Waals surface area (Å²) in [7, 11) is 1.33. The smallest absolute Gasteiger partial charge is 0.336 e. The monoisotopic (exact) mass is 462 g/mol. The molecule has 0 spiro atoms. The number of nitrogens with one attached hydrogen (secondary N) is 1. The molecule has 0 amide bonds. The first-order chi connectivity index (χ1) is 16.0. The topological polar surface area (TPSA) is 99.3 Å². The predicted octanol–water partition coefficient (Wildman–Crippen LogP) is 4.59. The number of rotatable bonds is 7. The number of dihydropyridines is 1. The number of nitro groups is 1. The van der Waals surface area contributed by atoms with Gasteiger partial charge in [0.1, 0.15) is 0 Å². The Morgan fingerprint density at radius 1 is 1.24 bits per heavy atom. The molecule has 0 radical (unpaired) electrons. The number of ether oxygens (including phenoxy) is 1. The number of hydrogen-bond acceptors (Lipinski definition) is 7. The highest BCUT2D eigenvalue weighted by molar-refractivity contribution is 7.99. The van der Waals surface area contributed by atoms with E-state index in [1.165, 1.54) is 19.2 Å². The van der Waals surface area contributed by atoms with Gasteiger partial charge in [-0.2, -0.15) is 0 Å². The summed E-state index contributed by atoms with van der Waals surface area (Å²) < 4.78 is 7.00. The first-order valence-electron chi connectivity index (χ1n) is 10.2. The highest BCUT2D eigenvalue weighted by atomic mass is 32.2. The molecular formula is C24H22N4O4S. The molecule has 1 aromatic heterocycles. The van der Waals surface area contributed by atoms with Crippen LogP contribution in [0.1, 0.15) is 18.4 Å². The van der Waals surface area contributed by atoms with Crippen molar-refractivity contribution in [3.05, 3.63) is 106 Å². The van der Waals surface area contributed by atoms with E-state index in [0.29, 0.717) is 22.6 Å². The van der Waals surface area contributed by atoms with Gasteiger partial charge in [0.2, 0.25) is 0 Å². The maximum absolute atomic E-state index is 12.5. The Labute approximate surface area is 195 Å². The van der Waals surface area contributed by atoms with Crippen LogP contribution < -0.4 is 5.32 Å². The number of benzene rings is 2. The highest BCUT2D eigenvalue weighted by Crippen LogP contribution is 2.35. The number of carbonyl (C=O) groups is 1. The van der Waals surface area contributed by atoms with Gasteiger partial charge in [0, 0.05) is 53.3 Å². The first kappa shape index (κ1) is 22.3. The van der Waals surface area contributed by atoms with Gasteiger partial charge >= 0.3 is 5.97 Å². The van der Waals surface area contributed by atoms with Crippen LogP contribution in [0.15, 0.2) is 95.2 Å². The van der Waals surface area contributed by atoms with Crippen LogP contribution in [-0.2, 0) is 9.53 Å². The van der Waals surface area contributed by atoms with Gasteiger partial charge in [0.05, 0.1) is 17.6 Å². The number of aromatic nitrogens is 2. The summed E-state index contributed by atoms with van der Waals surface area (Å²) in [5, 5.41) is 15.4. The van der Waals surface area contributed by atoms with E-state index in [0.717, 1.165) is 16.5 Å². The number of hydrogen-bond donors (Lipinski definition) is 1. The molecule has 4 rings (SSSR count). The van der Waals surface area contributed by atoms with E-state index in [1.54, 1.807) is 37.0 Å². The van der Waals surface area contributed by atoms with Gasteiger partial charge in [-0.25, -0.2) is 9.78 Å². The van der Waals surface area contributed by atoms with Gasteiger partial charge < -0.3 is 10.1 Å². The number of esters is 1. The van der Waals surface area contributed by atoms with Gasteiger partial charge in [-0.15, -0.1) is 0 Å². The van der Waals surface area contributed by atoms with E-state index in [-0.39, 0.29) is 5.69 Å². The fourth-order valence-electron chi connectivity index (χ4n) is 3.76. The summed E-state index contributed by atoms with van der Waals surface area (Å²) in [6, 6.07) is 16.3. The largest absolute Gasteiger partial charge is 0.466 e. The van der Waals surface area contributed by atoms with E-state index in [1.807, 2.05) is 47.2 Å². The number of nitro benzene ring substituents is 1. The number of imidazole rings is 1. The average molecular weight is 463 g/mol. The van der Waals surface area contributed by atoms with Crippen molar-refractivity contribution in [2.45, 2.75) is 18.0 Å². The lowest BCUT2D eigenvalue weighted by Crippen LogP contribution is -2.27. The lowest BCUT2D eigenvalue weighted by molar-refractivity contribution is -0.384. The van der Waals surface area contributed by atoms with E-state index in [9.17, 15) is 14.9 Å². The van der Waals surface area contributed by atoms with Gasteiger partial charge in [0.15, 0.2) is 5.16 Å². The third-order valence-electron chi connectivity index (χ3n) is 5.27. The quantitative estimate of drug-likeness (QED) is 0.237. The van der Waals surface area contributed by atoms with Crippen LogP contribution in [0, 0.1) is 10.1 Å². The number of non-ortho nitro benzene ring substituents is 1. The Bertz CT molecular complexity index is 1250. The number of allylic oxidation sites excluding steroid dienone is 2. The lowest BCUT2D eigenvalue weighted by Gasteiger charge is -2.26. The molecule has 1 atom stereocenters. The fraction of sp³-hybridized carbons (Fsp3) is 0.167. The second-order valence-corrected chi connectivity index (χ2v) is 8.32. The summed E-state index contributed by atoms with van der Waals surface area (Å²) in [6.45, 7) is 1.80. The number of para-hydroxylation sites is 1. The molecule has 0 unspecified atom stereocenters. The van der Waals surface area contributed by atoms with Gasteiger partial charge in [-0.05, 0) is 24.6 Å². The Kier molecular flexibility index (Phi) is 6.60. The van der Waals surface area contributed by atoms with E-state index < -0.39 is 16.8 Å². The predicted molar refractivity (Wildman–Crippen MR) is 126 cm³/mol.